The molecule has 0 heterocycles. The minimum absolute atomic E-state index is 0.00359. The van der Waals surface area contributed by atoms with E-state index in [1.807, 2.05) is 18.2 Å². The van der Waals surface area contributed by atoms with Crippen LogP contribution in [0.5, 0.6) is 11.5 Å². The summed E-state index contributed by atoms with van der Waals surface area (Å²) < 4.78 is 5.59. The predicted molar refractivity (Wildman–Crippen MR) is 71.2 cm³/mol. The normalized spacial score (nSPS) is 10.0. The zero-order valence-electron chi connectivity index (χ0n) is 10.1. The Morgan fingerprint density at radius 3 is 2.17 bits per heavy atom. The lowest BCUT2D eigenvalue weighted by Crippen LogP contribution is -1.95. The van der Waals surface area contributed by atoms with Crippen molar-refractivity contribution < 1.29 is 9.84 Å². The average Bonchev–Trinajstić information content (AvgIpc) is 2.40. The first-order valence-corrected chi connectivity index (χ1v) is 5.86. The van der Waals surface area contributed by atoms with Gasteiger partial charge in [-0.2, -0.15) is 0 Å². The van der Waals surface area contributed by atoms with Crippen molar-refractivity contribution in [1.29, 1.82) is 0 Å². The number of benzene rings is 2. The van der Waals surface area contributed by atoms with Gasteiger partial charge in [-0.1, -0.05) is 30.3 Å². The van der Waals surface area contributed by atoms with E-state index in [2.05, 4.69) is 18.7 Å². The molecule has 2 aromatic rings. The molecule has 0 amide bonds. The summed E-state index contributed by atoms with van der Waals surface area (Å²) in [5, 5.41) is 10.9. The maximum absolute atomic E-state index is 10.9. The number of hydrogen-bond acceptors (Lipinski definition) is 1. The van der Waals surface area contributed by atoms with Crippen LogP contribution in [0.1, 0.15) is 11.1 Å². The van der Waals surface area contributed by atoms with Crippen LogP contribution >= 0.6 is 0 Å². The van der Waals surface area contributed by atoms with E-state index in [1.54, 1.807) is 12.1 Å². The first-order chi connectivity index (χ1) is 8.78. The Kier molecular flexibility index (Phi) is 4.02. The molecule has 0 aliphatic rings. The summed E-state index contributed by atoms with van der Waals surface area (Å²) in [5.41, 5.74) is 2.35. The molecule has 2 rings (SSSR count). The van der Waals surface area contributed by atoms with Gasteiger partial charge in [0.05, 0.1) is 0 Å². The van der Waals surface area contributed by atoms with Gasteiger partial charge in [0.1, 0.15) is 12.4 Å². The van der Waals surface area contributed by atoms with Crippen molar-refractivity contribution >= 4 is 0 Å². The topological polar surface area (TPSA) is 29.1 Å². The van der Waals surface area contributed by atoms with Crippen molar-refractivity contribution in [2.24, 2.45) is 0 Å². The highest BCUT2D eigenvalue weighted by Gasteiger charge is 1.97. The van der Waals surface area contributed by atoms with E-state index in [1.165, 1.54) is 17.7 Å². The maximum atomic E-state index is 10.9. The molecular formula is C16H15O2. The molecule has 1 radical (unpaired) electrons. The Bertz CT molecular complexity index is 498. The monoisotopic (exact) mass is 239 g/mol. The van der Waals surface area contributed by atoms with Crippen LogP contribution in [0, 0.1) is 0 Å². The highest BCUT2D eigenvalue weighted by atomic mass is 16.5. The van der Waals surface area contributed by atoms with Gasteiger partial charge >= 0.3 is 0 Å². The van der Waals surface area contributed by atoms with Crippen molar-refractivity contribution in [3.05, 3.63) is 72.3 Å². The molecule has 2 aromatic carbocycles. The third-order valence-electron chi connectivity index (χ3n) is 2.63. The van der Waals surface area contributed by atoms with E-state index in [4.69, 9.17) is 4.74 Å². The van der Waals surface area contributed by atoms with Crippen LogP contribution in [0.25, 0.3) is 0 Å². The SMILES string of the molecule is C=CCc1ccc(COc2ccc([O])cc2)cc1. The van der Waals surface area contributed by atoms with Gasteiger partial charge in [0, 0.05) is 0 Å². The smallest absolute Gasteiger partial charge is 0.178 e. The van der Waals surface area contributed by atoms with Crippen molar-refractivity contribution in [3.63, 3.8) is 0 Å². The maximum Gasteiger partial charge on any atom is 0.178 e. The second-order valence-electron chi connectivity index (χ2n) is 4.07. The Morgan fingerprint density at radius 2 is 1.56 bits per heavy atom. The molecule has 0 atom stereocenters. The lowest BCUT2D eigenvalue weighted by molar-refractivity contribution is 0.304. The van der Waals surface area contributed by atoms with Crippen LogP contribution in [0.2, 0.25) is 0 Å². The minimum Gasteiger partial charge on any atom is -0.489 e. The quantitative estimate of drug-likeness (QED) is 0.721. The molecule has 0 N–H and O–H groups in total. The Hall–Kier alpha value is -2.22. The highest BCUT2D eigenvalue weighted by molar-refractivity contribution is 5.30. The number of allylic oxidation sites excluding steroid dienone is 1. The van der Waals surface area contributed by atoms with E-state index in [-0.39, 0.29) is 5.75 Å². The van der Waals surface area contributed by atoms with Crippen molar-refractivity contribution in [3.8, 4) is 11.5 Å². The zero-order valence-corrected chi connectivity index (χ0v) is 10.1. The number of hydrogen-bond donors (Lipinski definition) is 0. The van der Waals surface area contributed by atoms with Crippen LogP contribution < -0.4 is 4.74 Å². The second-order valence-corrected chi connectivity index (χ2v) is 4.07. The van der Waals surface area contributed by atoms with Crippen LogP contribution in [-0.2, 0) is 18.1 Å². The molecule has 0 bridgehead atoms. The Morgan fingerprint density at radius 1 is 0.944 bits per heavy atom. The molecule has 2 heteroatoms. The standard InChI is InChI=1S/C16H15O2/c1-2-3-13-4-6-14(7-5-13)12-18-16-10-8-15(17)9-11-16/h2,4-11H,1,3,12H2. The van der Waals surface area contributed by atoms with Gasteiger partial charge in [0.2, 0.25) is 0 Å². The van der Waals surface area contributed by atoms with Crippen LogP contribution in [0.4, 0.5) is 0 Å². The highest BCUT2D eigenvalue weighted by Crippen LogP contribution is 2.17. The second kappa shape index (κ2) is 5.92. The Labute approximate surface area is 107 Å². The van der Waals surface area contributed by atoms with E-state index < -0.39 is 0 Å². The summed E-state index contributed by atoms with van der Waals surface area (Å²) in [5.74, 6) is 0.709. The first-order valence-electron chi connectivity index (χ1n) is 5.86. The summed E-state index contributed by atoms with van der Waals surface area (Å²) in [6, 6.07) is 14.6. The fourth-order valence-electron chi connectivity index (χ4n) is 1.64. The fourth-order valence-corrected chi connectivity index (χ4v) is 1.64. The van der Waals surface area contributed by atoms with Gasteiger partial charge in [-0.05, 0) is 41.8 Å². The average molecular weight is 239 g/mol. The summed E-state index contributed by atoms with van der Waals surface area (Å²) in [4.78, 5) is 0. The summed E-state index contributed by atoms with van der Waals surface area (Å²) in [7, 11) is 0. The van der Waals surface area contributed by atoms with Crippen molar-refractivity contribution in [2.45, 2.75) is 13.0 Å². The molecule has 0 spiro atoms. The van der Waals surface area contributed by atoms with Crippen LogP contribution in [0.3, 0.4) is 0 Å². The molecule has 0 saturated heterocycles. The van der Waals surface area contributed by atoms with Crippen molar-refractivity contribution in [1.82, 2.24) is 0 Å². The van der Waals surface area contributed by atoms with Gasteiger partial charge in [0.25, 0.3) is 0 Å². The summed E-state index contributed by atoms with van der Waals surface area (Å²) in [6.45, 7) is 4.22. The molecule has 0 saturated carbocycles. The Balaban J connectivity index is 1.93. The molecule has 0 aromatic heterocycles. The molecular weight excluding hydrogens is 224 g/mol. The lowest BCUT2D eigenvalue weighted by atomic mass is 10.1. The third kappa shape index (κ3) is 3.39. The van der Waals surface area contributed by atoms with E-state index in [9.17, 15) is 5.11 Å². The molecule has 91 valence electrons. The van der Waals surface area contributed by atoms with Gasteiger partial charge in [-0.3, -0.25) is 5.11 Å². The molecule has 0 unspecified atom stereocenters. The van der Waals surface area contributed by atoms with Crippen LogP contribution in [0.15, 0.2) is 61.2 Å². The number of ether oxygens (including phenoxy) is 1. The largest absolute Gasteiger partial charge is 0.489 e. The minimum atomic E-state index is -0.00359. The van der Waals surface area contributed by atoms with E-state index >= 15 is 0 Å². The summed E-state index contributed by atoms with van der Waals surface area (Å²) in [6.07, 6.45) is 2.77. The predicted octanol–water partition coefficient (Wildman–Crippen LogP) is 4.14. The first kappa shape index (κ1) is 12.2. The molecule has 2 nitrogen and oxygen atoms in total. The van der Waals surface area contributed by atoms with Crippen LogP contribution in [-0.4, -0.2) is 0 Å². The van der Waals surface area contributed by atoms with Gasteiger partial charge in [0.15, 0.2) is 5.75 Å². The van der Waals surface area contributed by atoms with Crippen molar-refractivity contribution in [2.75, 3.05) is 0 Å². The van der Waals surface area contributed by atoms with Gasteiger partial charge in [-0.25, -0.2) is 0 Å². The van der Waals surface area contributed by atoms with E-state index in [0.717, 1.165) is 12.0 Å². The fraction of sp³-hybridized carbons (Fsp3) is 0.125. The number of rotatable bonds is 5. The van der Waals surface area contributed by atoms with Gasteiger partial charge < -0.3 is 4.74 Å². The third-order valence-corrected chi connectivity index (χ3v) is 2.63. The molecule has 0 aliphatic heterocycles. The molecule has 0 fully saturated rings. The molecule has 0 aliphatic carbocycles. The zero-order chi connectivity index (χ0) is 12.8. The van der Waals surface area contributed by atoms with E-state index in [0.29, 0.717) is 12.4 Å². The lowest BCUT2D eigenvalue weighted by Gasteiger charge is -2.06. The van der Waals surface area contributed by atoms with Gasteiger partial charge in [-0.15, -0.1) is 6.58 Å². The molecule has 18 heavy (non-hydrogen) atoms. The summed E-state index contributed by atoms with van der Waals surface area (Å²) >= 11 is 0.